The standard InChI is InChI=1S/C18H21NO3S/c20-14(16-15(23)10-19-17(16)18(21)22)9-11-6-7-12-4-2-1-3-5-13(12)8-11/h1-3,5,11,16-17,19H,4,6-10H2,(H,21,22)/t11?,16?,17-/m0/s1. The van der Waals surface area contributed by atoms with Crippen molar-refractivity contribution >= 4 is 28.8 Å². The maximum Gasteiger partial charge on any atom is 0.321 e. The molecule has 2 N–H and O–H groups in total. The van der Waals surface area contributed by atoms with Crippen LogP contribution in [0.3, 0.4) is 0 Å². The Bertz CT molecular complexity index is 632. The van der Waals surface area contributed by atoms with Gasteiger partial charge in [-0.1, -0.05) is 42.1 Å². The largest absolute Gasteiger partial charge is 0.480 e. The molecule has 2 aliphatic carbocycles. The highest BCUT2D eigenvalue weighted by Gasteiger charge is 2.41. The molecule has 0 radical (unpaired) electrons. The van der Waals surface area contributed by atoms with E-state index in [0.717, 1.165) is 25.7 Å². The van der Waals surface area contributed by atoms with Crippen LogP contribution in [0, 0.1) is 11.8 Å². The molecular formula is C18H21NO3S. The summed E-state index contributed by atoms with van der Waals surface area (Å²) in [5.74, 6) is -1.36. The second-order valence-electron chi connectivity index (χ2n) is 6.54. The molecule has 1 heterocycles. The number of thiocarbonyl (C=S) groups is 1. The molecule has 23 heavy (non-hydrogen) atoms. The Labute approximate surface area is 141 Å². The number of ketones is 1. The number of carboxylic acid groups (broad SMARTS) is 1. The molecule has 0 saturated carbocycles. The Kier molecular flexibility index (Phi) is 4.87. The molecule has 5 heteroatoms. The minimum absolute atomic E-state index is 0.0165. The number of nitrogens with one attached hydrogen (secondary N) is 1. The minimum Gasteiger partial charge on any atom is -0.480 e. The first-order chi connectivity index (χ1) is 11.1. The van der Waals surface area contributed by atoms with Crippen LogP contribution in [0.25, 0.3) is 0 Å². The molecule has 3 aliphatic rings. The molecule has 3 rings (SSSR count). The monoisotopic (exact) mass is 331 g/mol. The first-order valence-corrected chi connectivity index (χ1v) is 8.53. The number of hydrogen-bond donors (Lipinski definition) is 2. The van der Waals surface area contributed by atoms with Gasteiger partial charge in [0, 0.05) is 17.8 Å². The molecule has 2 unspecified atom stereocenters. The second kappa shape index (κ2) is 6.89. The van der Waals surface area contributed by atoms with Gasteiger partial charge in [-0.25, -0.2) is 0 Å². The number of carboxylic acids is 1. The third kappa shape index (κ3) is 3.51. The Morgan fingerprint density at radius 2 is 2.17 bits per heavy atom. The van der Waals surface area contributed by atoms with Gasteiger partial charge < -0.3 is 5.11 Å². The second-order valence-corrected chi connectivity index (χ2v) is 7.06. The van der Waals surface area contributed by atoms with E-state index in [9.17, 15) is 14.7 Å². The summed E-state index contributed by atoms with van der Waals surface area (Å²) in [6, 6.07) is -0.852. The molecule has 1 fully saturated rings. The van der Waals surface area contributed by atoms with Crippen LogP contribution in [0.4, 0.5) is 0 Å². The molecule has 122 valence electrons. The average Bonchev–Trinajstić information content (AvgIpc) is 2.76. The number of carbonyl (C=O) groups excluding carboxylic acids is 1. The summed E-state index contributed by atoms with van der Waals surface area (Å²) < 4.78 is 0. The van der Waals surface area contributed by atoms with E-state index < -0.39 is 17.9 Å². The molecule has 1 saturated heterocycles. The van der Waals surface area contributed by atoms with Crippen LogP contribution in [-0.4, -0.2) is 34.3 Å². The van der Waals surface area contributed by atoms with E-state index >= 15 is 0 Å². The van der Waals surface area contributed by atoms with Crippen LogP contribution in [0.2, 0.25) is 0 Å². The molecule has 3 atom stereocenters. The van der Waals surface area contributed by atoms with Crippen molar-refractivity contribution in [3.8, 4) is 0 Å². The molecule has 0 aromatic rings. The topological polar surface area (TPSA) is 66.4 Å². The van der Waals surface area contributed by atoms with E-state index in [2.05, 4.69) is 29.6 Å². The Hall–Kier alpha value is -1.59. The summed E-state index contributed by atoms with van der Waals surface area (Å²) in [4.78, 5) is 24.5. The van der Waals surface area contributed by atoms with Gasteiger partial charge in [0.2, 0.25) is 0 Å². The fourth-order valence-electron chi connectivity index (χ4n) is 3.78. The zero-order valence-corrected chi connectivity index (χ0v) is 13.8. The number of hydrogen-bond acceptors (Lipinski definition) is 4. The van der Waals surface area contributed by atoms with Crippen LogP contribution in [0.1, 0.15) is 32.1 Å². The molecule has 0 aromatic carbocycles. The maximum absolute atomic E-state index is 12.6. The van der Waals surface area contributed by atoms with Gasteiger partial charge in [-0.15, -0.1) is 0 Å². The molecule has 4 nitrogen and oxygen atoms in total. The molecule has 0 spiro atoms. The van der Waals surface area contributed by atoms with Crippen molar-refractivity contribution in [2.75, 3.05) is 6.54 Å². The minimum atomic E-state index is -0.991. The van der Waals surface area contributed by atoms with E-state index in [1.165, 1.54) is 11.1 Å². The van der Waals surface area contributed by atoms with Gasteiger partial charge in [0.05, 0.1) is 5.92 Å². The Balaban J connectivity index is 1.66. The van der Waals surface area contributed by atoms with Gasteiger partial charge >= 0.3 is 5.97 Å². The van der Waals surface area contributed by atoms with Crippen molar-refractivity contribution in [3.63, 3.8) is 0 Å². The summed E-state index contributed by atoms with van der Waals surface area (Å²) in [7, 11) is 0. The van der Waals surface area contributed by atoms with Crippen LogP contribution in [0.15, 0.2) is 35.5 Å². The normalized spacial score (nSPS) is 30.3. The third-order valence-corrected chi connectivity index (χ3v) is 5.40. The SMILES string of the molecule is O=C(CC1CCC2=C(C=CC=CC2)C1)C1C(=S)CN[C@@H]1C(=O)O. The van der Waals surface area contributed by atoms with Crippen molar-refractivity contribution in [3.05, 3.63) is 35.5 Å². The average molecular weight is 331 g/mol. The van der Waals surface area contributed by atoms with E-state index in [4.69, 9.17) is 12.2 Å². The first kappa shape index (κ1) is 16.3. The number of allylic oxidation sites excluding steroid dienone is 6. The molecule has 0 aromatic heterocycles. The highest BCUT2D eigenvalue weighted by molar-refractivity contribution is 7.80. The smallest absolute Gasteiger partial charge is 0.321 e. The number of Topliss-reactive ketones (excluding diaryl/α,β-unsaturated/α-hetero) is 1. The molecular weight excluding hydrogens is 310 g/mol. The first-order valence-electron chi connectivity index (χ1n) is 8.12. The number of carbonyl (C=O) groups is 2. The van der Waals surface area contributed by atoms with E-state index in [1.54, 1.807) is 0 Å². The molecule has 0 amide bonds. The summed E-state index contributed by atoms with van der Waals surface area (Å²) in [6.45, 7) is 0.344. The predicted molar refractivity (Wildman–Crippen MR) is 92.4 cm³/mol. The molecule has 0 bridgehead atoms. The van der Waals surface area contributed by atoms with Gasteiger partial charge in [0.15, 0.2) is 0 Å². The zero-order chi connectivity index (χ0) is 16.4. The van der Waals surface area contributed by atoms with Crippen molar-refractivity contribution in [1.29, 1.82) is 0 Å². The van der Waals surface area contributed by atoms with Gasteiger partial charge in [-0.3, -0.25) is 14.9 Å². The number of aliphatic carboxylic acids is 1. The van der Waals surface area contributed by atoms with Gasteiger partial charge in [0.1, 0.15) is 11.8 Å². The fourth-order valence-corrected chi connectivity index (χ4v) is 4.13. The lowest BCUT2D eigenvalue weighted by Gasteiger charge is -2.26. The molecule has 1 aliphatic heterocycles. The van der Waals surface area contributed by atoms with Crippen LogP contribution in [-0.2, 0) is 9.59 Å². The summed E-state index contributed by atoms with van der Waals surface area (Å²) in [5, 5.41) is 12.1. The zero-order valence-electron chi connectivity index (χ0n) is 13.0. The van der Waals surface area contributed by atoms with E-state index in [-0.39, 0.29) is 5.78 Å². The Morgan fingerprint density at radius 3 is 2.96 bits per heavy atom. The van der Waals surface area contributed by atoms with E-state index in [0.29, 0.717) is 23.7 Å². The van der Waals surface area contributed by atoms with Crippen LogP contribution >= 0.6 is 12.2 Å². The number of rotatable bonds is 4. The van der Waals surface area contributed by atoms with Crippen molar-refractivity contribution in [2.45, 2.75) is 38.1 Å². The quantitative estimate of drug-likeness (QED) is 0.775. The van der Waals surface area contributed by atoms with Gasteiger partial charge in [0.25, 0.3) is 0 Å². The van der Waals surface area contributed by atoms with Crippen molar-refractivity contribution < 1.29 is 14.7 Å². The predicted octanol–water partition coefficient (Wildman–Crippen LogP) is 2.60. The van der Waals surface area contributed by atoms with Gasteiger partial charge in [-0.05, 0) is 37.2 Å². The lowest BCUT2D eigenvalue weighted by molar-refractivity contribution is -0.142. The lowest BCUT2D eigenvalue weighted by Crippen LogP contribution is -2.40. The third-order valence-electron chi connectivity index (χ3n) is 5.01. The highest BCUT2D eigenvalue weighted by Crippen LogP contribution is 2.36. The van der Waals surface area contributed by atoms with Gasteiger partial charge in [-0.2, -0.15) is 0 Å². The lowest BCUT2D eigenvalue weighted by atomic mass is 9.78. The Morgan fingerprint density at radius 1 is 1.35 bits per heavy atom. The summed E-state index contributed by atoms with van der Waals surface area (Å²) >= 11 is 5.22. The summed E-state index contributed by atoms with van der Waals surface area (Å²) in [6.07, 6.45) is 12.8. The maximum atomic E-state index is 12.6. The highest BCUT2D eigenvalue weighted by atomic mass is 32.1. The van der Waals surface area contributed by atoms with Crippen LogP contribution < -0.4 is 5.32 Å². The summed E-state index contributed by atoms with van der Waals surface area (Å²) in [5.41, 5.74) is 2.82. The van der Waals surface area contributed by atoms with Crippen LogP contribution in [0.5, 0.6) is 0 Å². The fraction of sp³-hybridized carbons (Fsp3) is 0.500. The van der Waals surface area contributed by atoms with Crippen molar-refractivity contribution in [1.82, 2.24) is 5.32 Å². The van der Waals surface area contributed by atoms with Crippen molar-refractivity contribution in [2.24, 2.45) is 11.8 Å². The van der Waals surface area contributed by atoms with E-state index in [1.807, 2.05) is 0 Å².